The fraction of sp³-hybridized carbons (Fsp3) is 0.154. The Balaban J connectivity index is 2.22. The molecular formula is C13H12ClFN2O. The number of aromatic nitrogens is 1. The molecule has 1 atom stereocenters. The third-order valence-electron chi connectivity index (χ3n) is 2.58. The van der Waals surface area contributed by atoms with Crippen LogP contribution in [0.3, 0.4) is 0 Å². The number of nitrogens with one attached hydrogen (secondary N) is 1. The minimum atomic E-state index is -0.463. The van der Waals surface area contributed by atoms with Gasteiger partial charge < -0.3 is 10.4 Å². The lowest BCUT2D eigenvalue weighted by molar-refractivity contribution is 0.467. The van der Waals surface area contributed by atoms with Gasteiger partial charge in [-0.05, 0) is 25.1 Å². The van der Waals surface area contributed by atoms with Gasteiger partial charge in [-0.3, -0.25) is 0 Å². The smallest absolute Gasteiger partial charge is 0.152 e. The highest BCUT2D eigenvalue weighted by Gasteiger charge is 2.12. The lowest BCUT2D eigenvalue weighted by Gasteiger charge is -2.17. The van der Waals surface area contributed by atoms with Crippen LogP contribution in [0.1, 0.15) is 18.5 Å². The molecular weight excluding hydrogens is 255 g/mol. The first-order chi connectivity index (χ1) is 8.58. The number of aromatic hydroxyl groups is 1. The van der Waals surface area contributed by atoms with E-state index in [1.54, 1.807) is 25.3 Å². The number of halogens is 2. The molecule has 0 saturated heterocycles. The quantitative estimate of drug-likeness (QED) is 0.832. The zero-order chi connectivity index (χ0) is 13.1. The van der Waals surface area contributed by atoms with E-state index in [1.165, 1.54) is 12.1 Å². The number of rotatable bonds is 3. The summed E-state index contributed by atoms with van der Waals surface area (Å²) in [7, 11) is 0. The van der Waals surface area contributed by atoms with E-state index in [9.17, 15) is 4.39 Å². The summed E-state index contributed by atoms with van der Waals surface area (Å²) in [6, 6.07) is 7.29. The minimum absolute atomic E-state index is 0.0946. The van der Waals surface area contributed by atoms with Crippen LogP contribution in [0.15, 0.2) is 36.5 Å². The van der Waals surface area contributed by atoms with Crippen LogP contribution in [0.25, 0.3) is 0 Å². The summed E-state index contributed by atoms with van der Waals surface area (Å²) in [6.45, 7) is 1.80. The van der Waals surface area contributed by atoms with Crippen LogP contribution < -0.4 is 5.32 Å². The molecule has 2 rings (SSSR count). The predicted molar refractivity (Wildman–Crippen MR) is 69.3 cm³/mol. The first kappa shape index (κ1) is 12.6. The molecule has 1 unspecified atom stereocenters. The summed E-state index contributed by atoms with van der Waals surface area (Å²) < 4.78 is 13.7. The van der Waals surface area contributed by atoms with Gasteiger partial charge in [-0.25, -0.2) is 9.37 Å². The number of pyridine rings is 1. The monoisotopic (exact) mass is 266 g/mol. The van der Waals surface area contributed by atoms with Crippen molar-refractivity contribution in [3.63, 3.8) is 0 Å². The van der Waals surface area contributed by atoms with Crippen molar-refractivity contribution in [2.24, 2.45) is 0 Å². The van der Waals surface area contributed by atoms with E-state index in [4.69, 9.17) is 16.7 Å². The van der Waals surface area contributed by atoms with Gasteiger partial charge in [0.25, 0.3) is 0 Å². The molecule has 5 heteroatoms. The molecule has 0 aliphatic rings. The van der Waals surface area contributed by atoms with E-state index >= 15 is 0 Å². The summed E-state index contributed by atoms with van der Waals surface area (Å²) in [5.74, 6) is -0.558. The molecule has 2 N–H and O–H groups in total. The average Bonchev–Trinajstić information content (AvgIpc) is 2.32. The van der Waals surface area contributed by atoms with Gasteiger partial charge in [0, 0.05) is 17.8 Å². The van der Waals surface area contributed by atoms with Crippen LogP contribution in [-0.2, 0) is 0 Å². The largest absolute Gasteiger partial charge is 0.508 e. The highest BCUT2D eigenvalue weighted by molar-refractivity contribution is 6.31. The van der Waals surface area contributed by atoms with E-state index in [1.807, 2.05) is 0 Å². The van der Waals surface area contributed by atoms with Crippen molar-refractivity contribution in [2.75, 3.05) is 5.32 Å². The van der Waals surface area contributed by atoms with Crippen LogP contribution >= 0.6 is 11.6 Å². The number of nitrogens with zero attached hydrogens (tertiary/aromatic N) is 1. The van der Waals surface area contributed by atoms with Gasteiger partial charge in [-0.2, -0.15) is 0 Å². The second kappa shape index (κ2) is 5.23. The Morgan fingerprint density at radius 3 is 2.83 bits per heavy atom. The number of anilines is 1. The Labute approximate surface area is 109 Å². The van der Waals surface area contributed by atoms with Crippen molar-refractivity contribution in [2.45, 2.75) is 13.0 Å². The molecule has 0 radical (unpaired) electrons. The third-order valence-corrected chi connectivity index (χ3v) is 2.88. The van der Waals surface area contributed by atoms with E-state index < -0.39 is 5.82 Å². The second-order valence-corrected chi connectivity index (χ2v) is 4.27. The van der Waals surface area contributed by atoms with Crippen LogP contribution in [0.4, 0.5) is 10.1 Å². The fourth-order valence-electron chi connectivity index (χ4n) is 1.67. The van der Waals surface area contributed by atoms with Crippen molar-refractivity contribution in [1.82, 2.24) is 4.98 Å². The van der Waals surface area contributed by atoms with Crippen LogP contribution in [0.5, 0.6) is 5.75 Å². The van der Waals surface area contributed by atoms with Crippen molar-refractivity contribution in [3.8, 4) is 5.75 Å². The first-order valence-electron chi connectivity index (χ1n) is 5.43. The van der Waals surface area contributed by atoms with Gasteiger partial charge in [0.2, 0.25) is 0 Å². The molecule has 1 heterocycles. The first-order valence-corrected chi connectivity index (χ1v) is 5.81. The number of hydrogen-bond acceptors (Lipinski definition) is 3. The maximum Gasteiger partial charge on any atom is 0.152 e. The molecule has 1 aromatic heterocycles. The third kappa shape index (κ3) is 2.71. The SMILES string of the molecule is CC(Nc1cccnc1Cl)c1ccc(O)cc1F. The summed E-state index contributed by atoms with van der Waals surface area (Å²) in [5, 5.41) is 12.6. The van der Waals surface area contributed by atoms with Gasteiger partial charge in [0.05, 0.1) is 11.7 Å². The Morgan fingerprint density at radius 2 is 2.17 bits per heavy atom. The highest BCUT2D eigenvalue weighted by atomic mass is 35.5. The molecule has 1 aromatic carbocycles. The van der Waals surface area contributed by atoms with Crippen molar-refractivity contribution < 1.29 is 9.50 Å². The lowest BCUT2D eigenvalue weighted by atomic mass is 10.1. The van der Waals surface area contributed by atoms with Gasteiger partial charge in [-0.1, -0.05) is 17.7 Å². The number of phenolic OH excluding ortho intramolecular Hbond substituents is 1. The Morgan fingerprint density at radius 1 is 1.39 bits per heavy atom. The average molecular weight is 267 g/mol. The zero-order valence-electron chi connectivity index (χ0n) is 9.69. The van der Waals surface area contributed by atoms with Crippen LogP contribution in [0.2, 0.25) is 5.15 Å². The normalized spacial score (nSPS) is 12.2. The van der Waals surface area contributed by atoms with Gasteiger partial charge >= 0.3 is 0 Å². The fourth-order valence-corrected chi connectivity index (χ4v) is 1.85. The number of phenols is 1. The maximum absolute atomic E-state index is 13.7. The van der Waals surface area contributed by atoms with Crippen molar-refractivity contribution in [1.29, 1.82) is 0 Å². The Kier molecular flexibility index (Phi) is 3.67. The molecule has 0 fully saturated rings. The minimum Gasteiger partial charge on any atom is -0.508 e. The number of hydrogen-bond donors (Lipinski definition) is 2. The van der Waals surface area contributed by atoms with E-state index in [0.29, 0.717) is 16.4 Å². The zero-order valence-corrected chi connectivity index (χ0v) is 10.4. The summed E-state index contributed by atoms with van der Waals surface area (Å²) in [6.07, 6.45) is 1.58. The van der Waals surface area contributed by atoms with Crippen LogP contribution in [0, 0.1) is 5.82 Å². The molecule has 94 valence electrons. The van der Waals surface area contributed by atoms with Crippen molar-refractivity contribution >= 4 is 17.3 Å². The summed E-state index contributed by atoms with van der Waals surface area (Å²) in [4.78, 5) is 3.93. The van der Waals surface area contributed by atoms with Crippen LogP contribution in [-0.4, -0.2) is 10.1 Å². The van der Waals surface area contributed by atoms with E-state index in [-0.39, 0.29) is 11.8 Å². The molecule has 0 bridgehead atoms. The Hall–Kier alpha value is -1.81. The van der Waals surface area contributed by atoms with Gasteiger partial charge in [-0.15, -0.1) is 0 Å². The molecule has 0 aliphatic heterocycles. The highest BCUT2D eigenvalue weighted by Crippen LogP contribution is 2.26. The molecule has 2 aromatic rings. The van der Waals surface area contributed by atoms with E-state index in [0.717, 1.165) is 6.07 Å². The number of benzene rings is 1. The van der Waals surface area contributed by atoms with Gasteiger partial charge in [0.1, 0.15) is 11.6 Å². The van der Waals surface area contributed by atoms with E-state index in [2.05, 4.69) is 10.3 Å². The predicted octanol–water partition coefficient (Wildman–Crippen LogP) is 3.75. The summed E-state index contributed by atoms with van der Waals surface area (Å²) >= 11 is 5.91. The second-order valence-electron chi connectivity index (χ2n) is 3.91. The molecule has 0 aliphatic carbocycles. The standard InChI is InChI=1S/C13H12ClFN2O/c1-8(10-5-4-9(18)7-11(10)15)17-12-3-2-6-16-13(12)14/h2-8,17-18H,1H3. The molecule has 0 saturated carbocycles. The van der Waals surface area contributed by atoms with Crippen molar-refractivity contribution in [3.05, 3.63) is 53.1 Å². The maximum atomic E-state index is 13.7. The van der Waals surface area contributed by atoms with Gasteiger partial charge in [0.15, 0.2) is 5.15 Å². The lowest BCUT2D eigenvalue weighted by Crippen LogP contribution is -2.09. The Bertz CT molecular complexity index is 562. The molecule has 3 nitrogen and oxygen atoms in total. The molecule has 0 spiro atoms. The molecule has 18 heavy (non-hydrogen) atoms. The molecule has 0 amide bonds. The summed E-state index contributed by atoms with van der Waals surface area (Å²) in [5.41, 5.74) is 1.09. The topological polar surface area (TPSA) is 45.2 Å².